The van der Waals surface area contributed by atoms with Crippen LogP contribution in [0, 0.1) is 0 Å². The highest BCUT2D eigenvalue weighted by Gasteiger charge is 2.27. The lowest BCUT2D eigenvalue weighted by Crippen LogP contribution is -2.43. The molecule has 0 radical (unpaired) electrons. The maximum absolute atomic E-state index is 11.9. The topological polar surface area (TPSA) is 50.8 Å². The Hall–Kier alpha value is -2.17. The molecule has 130 valence electrons. The van der Waals surface area contributed by atoms with Crippen molar-refractivity contribution < 1.29 is 14.3 Å². The van der Waals surface area contributed by atoms with Crippen LogP contribution in [0.4, 0.5) is 10.5 Å². The lowest BCUT2D eigenvalue weighted by molar-refractivity contribution is 0.0510. The monoisotopic (exact) mass is 330 g/mol. The summed E-state index contributed by atoms with van der Waals surface area (Å²) in [6.45, 7) is 9.34. The summed E-state index contributed by atoms with van der Waals surface area (Å²) in [5.41, 5.74) is 3.40. The van der Waals surface area contributed by atoms with Gasteiger partial charge in [-0.15, -0.1) is 0 Å². The molecule has 3 rings (SSSR count). The summed E-state index contributed by atoms with van der Waals surface area (Å²) < 4.78 is 11.0. The van der Waals surface area contributed by atoms with Crippen LogP contribution in [0.2, 0.25) is 0 Å². The van der Waals surface area contributed by atoms with Crippen molar-refractivity contribution in [1.29, 1.82) is 0 Å². The fourth-order valence-corrected chi connectivity index (χ4v) is 3.29. The Morgan fingerprint density at radius 3 is 2.96 bits per heavy atom. The number of rotatable bonds is 3. The Morgan fingerprint density at radius 2 is 2.21 bits per heavy atom. The van der Waals surface area contributed by atoms with E-state index in [1.807, 2.05) is 33.8 Å². The van der Waals surface area contributed by atoms with Crippen molar-refractivity contribution >= 4 is 11.8 Å². The highest BCUT2D eigenvalue weighted by Crippen LogP contribution is 2.39. The first-order valence-corrected chi connectivity index (χ1v) is 8.54. The number of amides is 1. The SMILES string of the molecule is CC(CN1CCc2ccc3c(c21)CC=CO3)NC(=O)OC(C)(C)C. The van der Waals surface area contributed by atoms with E-state index in [4.69, 9.17) is 9.47 Å². The van der Waals surface area contributed by atoms with Crippen LogP contribution < -0.4 is 15.0 Å². The molecule has 0 spiro atoms. The van der Waals surface area contributed by atoms with Gasteiger partial charge in [0, 0.05) is 30.4 Å². The molecule has 1 N–H and O–H groups in total. The van der Waals surface area contributed by atoms with Crippen LogP contribution in [-0.4, -0.2) is 30.8 Å². The maximum atomic E-state index is 11.9. The van der Waals surface area contributed by atoms with Crippen LogP contribution in [0.3, 0.4) is 0 Å². The van der Waals surface area contributed by atoms with Crippen molar-refractivity contribution in [3.8, 4) is 5.75 Å². The molecule has 0 saturated heterocycles. The highest BCUT2D eigenvalue weighted by atomic mass is 16.6. The Labute approximate surface area is 143 Å². The van der Waals surface area contributed by atoms with E-state index in [0.717, 1.165) is 31.7 Å². The van der Waals surface area contributed by atoms with Gasteiger partial charge in [0.25, 0.3) is 0 Å². The molecule has 24 heavy (non-hydrogen) atoms. The number of alkyl carbamates (subject to hydrolysis) is 1. The molecular formula is C19H26N2O3. The second kappa shape index (κ2) is 6.38. The van der Waals surface area contributed by atoms with Crippen molar-refractivity contribution in [3.63, 3.8) is 0 Å². The van der Waals surface area contributed by atoms with E-state index < -0.39 is 5.60 Å². The lowest BCUT2D eigenvalue weighted by Gasteiger charge is -2.28. The zero-order valence-electron chi connectivity index (χ0n) is 14.9. The predicted octanol–water partition coefficient (Wildman–Crippen LogP) is 3.41. The first-order valence-electron chi connectivity index (χ1n) is 8.54. The average Bonchev–Trinajstić information content (AvgIpc) is 2.88. The number of ether oxygens (including phenoxy) is 2. The zero-order chi connectivity index (χ0) is 17.3. The standard InChI is InChI=1S/C19H26N2O3/c1-13(20-18(22)24-19(2,3)4)12-21-10-9-14-7-8-16-15(17(14)21)6-5-11-23-16/h5,7-8,11,13H,6,9-10,12H2,1-4H3,(H,20,22). The molecule has 2 aliphatic rings. The molecule has 1 unspecified atom stereocenters. The molecule has 1 aromatic carbocycles. The minimum atomic E-state index is -0.479. The van der Waals surface area contributed by atoms with E-state index in [1.165, 1.54) is 16.8 Å². The number of allylic oxidation sites excluding steroid dienone is 1. The number of fused-ring (bicyclic) bond motifs is 3. The number of nitrogens with one attached hydrogen (secondary N) is 1. The molecule has 2 heterocycles. The van der Waals surface area contributed by atoms with Crippen LogP contribution in [-0.2, 0) is 17.6 Å². The summed E-state index contributed by atoms with van der Waals surface area (Å²) >= 11 is 0. The molecule has 0 aliphatic carbocycles. The summed E-state index contributed by atoms with van der Waals surface area (Å²) in [7, 11) is 0. The van der Waals surface area contributed by atoms with Gasteiger partial charge in [-0.25, -0.2) is 4.79 Å². The third-order valence-corrected chi connectivity index (χ3v) is 4.16. The van der Waals surface area contributed by atoms with Crippen molar-refractivity contribution in [2.24, 2.45) is 0 Å². The molecular weight excluding hydrogens is 304 g/mol. The third kappa shape index (κ3) is 3.66. The quantitative estimate of drug-likeness (QED) is 0.923. The van der Waals surface area contributed by atoms with E-state index in [9.17, 15) is 4.79 Å². The molecule has 1 aromatic rings. The summed E-state index contributed by atoms with van der Waals surface area (Å²) in [6.07, 6.45) is 5.35. The molecule has 0 fully saturated rings. The number of nitrogens with zero attached hydrogens (tertiary/aromatic N) is 1. The van der Waals surface area contributed by atoms with Gasteiger partial charge in [0.05, 0.1) is 6.26 Å². The number of carbonyl (C=O) groups is 1. The van der Waals surface area contributed by atoms with E-state index in [2.05, 4.69) is 22.3 Å². The molecule has 0 aromatic heterocycles. The van der Waals surface area contributed by atoms with Gasteiger partial charge < -0.3 is 19.7 Å². The number of carbonyl (C=O) groups excluding carboxylic acids is 1. The second-order valence-corrected chi connectivity index (χ2v) is 7.49. The van der Waals surface area contributed by atoms with E-state index in [-0.39, 0.29) is 12.1 Å². The average molecular weight is 330 g/mol. The van der Waals surface area contributed by atoms with Crippen LogP contribution in [0.25, 0.3) is 0 Å². The number of anilines is 1. The maximum Gasteiger partial charge on any atom is 0.407 e. The predicted molar refractivity (Wildman–Crippen MR) is 94.7 cm³/mol. The summed E-state index contributed by atoms with van der Waals surface area (Å²) in [5, 5.41) is 2.93. The first-order chi connectivity index (χ1) is 11.3. The molecule has 1 amide bonds. The van der Waals surface area contributed by atoms with Gasteiger partial charge in [-0.2, -0.15) is 0 Å². The van der Waals surface area contributed by atoms with Gasteiger partial charge in [-0.05, 0) is 58.2 Å². The largest absolute Gasteiger partial charge is 0.465 e. The molecule has 5 heteroatoms. The first kappa shape index (κ1) is 16.7. The normalized spacial score (nSPS) is 16.9. The summed E-state index contributed by atoms with van der Waals surface area (Å²) in [5.74, 6) is 0.941. The minimum Gasteiger partial charge on any atom is -0.465 e. The lowest BCUT2D eigenvalue weighted by atomic mass is 10.0. The van der Waals surface area contributed by atoms with Gasteiger partial charge >= 0.3 is 6.09 Å². The van der Waals surface area contributed by atoms with Gasteiger partial charge in [-0.3, -0.25) is 0 Å². The molecule has 5 nitrogen and oxygen atoms in total. The highest BCUT2D eigenvalue weighted by molar-refractivity contribution is 5.70. The zero-order valence-corrected chi connectivity index (χ0v) is 14.9. The number of hydrogen-bond donors (Lipinski definition) is 1. The van der Waals surface area contributed by atoms with Gasteiger partial charge in [0.2, 0.25) is 0 Å². The number of benzene rings is 1. The Kier molecular flexibility index (Phi) is 4.43. The van der Waals surface area contributed by atoms with E-state index in [1.54, 1.807) is 6.26 Å². The third-order valence-electron chi connectivity index (χ3n) is 4.16. The summed E-state index contributed by atoms with van der Waals surface area (Å²) in [6, 6.07) is 4.21. The fraction of sp³-hybridized carbons (Fsp3) is 0.526. The molecule has 2 aliphatic heterocycles. The second-order valence-electron chi connectivity index (χ2n) is 7.49. The van der Waals surface area contributed by atoms with E-state index >= 15 is 0 Å². The summed E-state index contributed by atoms with van der Waals surface area (Å²) in [4.78, 5) is 14.3. The van der Waals surface area contributed by atoms with Crippen LogP contribution in [0.1, 0.15) is 38.8 Å². The van der Waals surface area contributed by atoms with Crippen LogP contribution in [0.15, 0.2) is 24.5 Å². The van der Waals surface area contributed by atoms with Gasteiger partial charge in [0.15, 0.2) is 0 Å². The molecule has 0 saturated carbocycles. The Morgan fingerprint density at radius 1 is 1.42 bits per heavy atom. The Balaban J connectivity index is 1.68. The van der Waals surface area contributed by atoms with Gasteiger partial charge in [-0.1, -0.05) is 6.07 Å². The molecule has 1 atom stereocenters. The van der Waals surface area contributed by atoms with E-state index in [0.29, 0.717) is 0 Å². The Bertz CT molecular complexity index is 661. The minimum absolute atomic E-state index is 0.00158. The molecule has 0 bridgehead atoms. The van der Waals surface area contributed by atoms with Crippen molar-refractivity contribution in [2.75, 3.05) is 18.0 Å². The van der Waals surface area contributed by atoms with Crippen molar-refractivity contribution in [1.82, 2.24) is 5.32 Å². The fourth-order valence-electron chi connectivity index (χ4n) is 3.29. The number of hydrogen-bond acceptors (Lipinski definition) is 4. The van der Waals surface area contributed by atoms with Crippen LogP contribution in [0.5, 0.6) is 5.75 Å². The van der Waals surface area contributed by atoms with Crippen LogP contribution >= 0.6 is 0 Å². The van der Waals surface area contributed by atoms with Gasteiger partial charge in [0.1, 0.15) is 11.4 Å². The van der Waals surface area contributed by atoms with Crippen molar-refractivity contribution in [3.05, 3.63) is 35.6 Å². The van der Waals surface area contributed by atoms with Crippen molar-refractivity contribution in [2.45, 2.75) is 52.2 Å². The smallest absolute Gasteiger partial charge is 0.407 e.